The van der Waals surface area contributed by atoms with E-state index in [9.17, 15) is 14.4 Å². The Labute approximate surface area is 91.2 Å². The van der Waals surface area contributed by atoms with Gasteiger partial charge in [0.1, 0.15) is 0 Å². The number of nitrogens with zero attached hydrogens (tertiary/aromatic N) is 1. The van der Waals surface area contributed by atoms with Gasteiger partial charge in [0.25, 0.3) is 11.1 Å². The molecule has 16 heavy (non-hydrogen) atoms. The van der Waals surface area contributed by atoms with Crippen LogP contribution in [0.2, 0.25) is 0 Å². The lowest BCUT2D eigenvalue weighted by molar-refractivity contribution is -0.121. The molecule has 0 bridgehead atoms. The Bertz CT molecular complexity index is 514. The maximum atomic E-state index is 11.7. The third-order valence-electron chi connectivity index (χ3n) is 2.43. The van der Waals surface area contributed by atoms with Gasteiger partial charge in [-0.15, -0.1) is 0 Å². The summed E-state index contributed by atoms with van der Waals surface area (Å²) in [5.41, 5.74) is 2.10. The third kappa shape index (κ3) is 2.37. The third-order valence-corrected chi connectivity index (χ3v) is 2.43. The molecular formula is C9H14N4O3. The van der Waals surface area contributed by atoms with Crippen LogP contribution in [-0.2, 0) is 11.3 Å². The highest BCUT2D eigenvalue weighted by molar-refractivity contribution is 5.74. The topological polar surface area (TPSA) is 110 Å². The number of amides is 1. The van der Waals surface area contributed by atoms with Gasteiger partial charge in [-0.05, 0) is 13.8 Å². The Morgan fingerprint density at radius 3 is 2.56 bits per heavy atom. The lowest BCUT2D eigenvalue weighted by Crippen LogP contribution is -2.36. The molecule has 1 aromatic rings. The van der Waals surface area contributed by atoms with E-state index in [-0.39, 0.29) is 24.1 Å². The lowest BCUT2D eigenvalue weighted by Gasteiger charge is -2.07. The minimum Gasteiger partial charge on any atom is -0.294 e. The van der Waals surface area contributed by atoms with Crippen LogP contribution in [0.15, 0.2) is 9.59 Å². The van der Waals surface area contributed by atoms with E-state index in [1.54, 1.807) is 13.8 Å². The number of hydrazine groups is 1. The molecule has 4 N–H and O–H groups in total. The molecule has 0 radical (unpaired) electrons. The molecule has 88 valence electrons. The zero-order valence-corrected chi connectivity index (χ0v) is 9.16. The number of carbonyl (C=O) groups is 1. The van der Waals surface area contributed by atoms with E-state index in [0.29, 0.717) is 11.1 Å². The number of nitrogens with two attached hydrogens (primary N) is 1. The summed E-state index contributed by atoms with van der Waals surface area (Å²) < 4.78 is 1.11. The fraction of sp³-hybridized carbons (Fsp3) is 0.444. The number of H-pyrrole nitrogens is 1. The van der Waals surface area contributed by atoms with Crippen molar-refractivity contribution in [3.8, 4) is 0 Å². The highest BCUT2D eigenvalue weighted by atomic mass is 16.2. The van der Waals surface area contributed by atoms with E-state index in [1.807, 2.05) is 5.43 Å². The average Bonchev–Trinajstić information content (AvgIpc) is 2.28. The molecule has 0 saturated heterocycles. The van der Waals surface area contributed by atoms with Crippen molar-refractivity contribution < 1.29 is 4.79 Å². The second-order valence-electron chi connectivity index (χ2n) is 3.47. The highest BCUT2D eigenvalue weighted by Crippen LogP contribution is 1.92. The van der Waals surface area contributed by atoms with Crippen molar-refractivity contribution in [2.45, 2.75) is 26.8 Å². The molecule has 0 unspecified atom stereocenters. The monoisotopic (exact) mass is 226 g/mol. The molecule has 0 aliphatic carbocycles. The van der Waals surface area contributed by atoms with Gasteiger partial charge in [0.05, 0.1) is 6.54 Å². The summed E-state index contributed by atoms with van der Waals surface area (Å²) in [6.45, 7) is 3.25. The lowest BCUT2D eigenvalue weighted by atomic mass is 10.2. The van der Waals surface area contributed by atoms with Crippen LogP contribution in [0.5, 0.6) is 0 Å². The fourth-order valence-corrected chi connectivity index (χ4v) is 1.23. The smallest absolute Gasteiger partial charge is 0.268 e. The molecule has 1 heterocycles. The molecule has 1 amide bonds. The van der Waals surface area contributed by atoms with E-state index in [4.69, 9.17) is 5.84 Å². The molecule has 0 aromatic carbocycles. The van der Waals surface area contributed by atoms with Crippen molar-refractivity contribution in [3.63, 3.8) is 0 Å². The molecule has 7 nitrogen and oxygen atoms in total. The van der Waals surface area contributed by atoms with Gasteiger partial charge in [-0.3, -0.25) is 24.9 Å². The SMILES string of the molecule is Cc1c(C)c(=O)n(CCC(=O)NN)[nH]c1=O. The second kappa shape index (κ2) is 4.75. The minimum absolute atomic E-state index is 0.0366. The molecule has 1 rings (SSSR count). The molecular weight excluding hydrogens is 212 g/mol. The minimum atomic E-state index is -0.397. The maximum absolute atomic E-state index is 11.7. The van der Waals surface area contributed by atoms with E-state index in [1.165, 1.54) is 0 Å². The van der Waals surface area contributed by atoms with Gasteiger partial charge in [-0.2, -0.15) is 0 Å². The average molecular weight is 226 g/mol. The van der Waals surface area contributed by atoms with E-state index >= 15 is 0 Å². The van der Waals surface area contributed by atoms with Crippen LogP contribution >= 0.6 is 0 Å². The van der Waals surface area contributed by atoms with Gasteiger partial charge in [0.15, 0.2) is 0 Å². The zero-order valence-electron chi connectivity index (χ0n) is 9.16. The van der Waals surface area contributed by atoms with Crippen molar-refractivity contribution in [2.24, 2.45) is 5.84 Å². The number of aromatic nitrogens is 2. The van der Waals surface area contributed by atoms with Crippen LogP contribution in [0.25, 0.3) is 0 Å². The largest absolute Gasteiger partial charge is 0.294 e. The number of rotatable bonds is 3. The van der Waals surface area contributed by atoms with Gasteiger partial charge >= 0.3 is 0 Å². The van der Waals surface area contributed by atoms with E-state index < -0.39 is 5.91 Å². The van der Waals surface area contributed by atoms with Crippen LogP contribution in [-0.4, -0.2) is 15.7 Å². The first kappa shape index (κ1) is 12.2. The van der Waals surface area contributed by atoms with Gasteiger partial charge in [-0.1, -0.05) is 0 Å². The van der Waals surface area contributed by atoms with E-state index in [2.05, 4.69) is 5.10 Å². The Morgan fingerprint density at radius 1 is 1.38 bits per heavy atom. The Kier molecular flexibility index (Phi) is 3.62. The van der Waals surface area contributed by atoms with Gasteiger partial charge in [0, 0.05) is 17.5 Å². The first-order chi connectivity index (χ1) is 7.47. The van der Waals surface area contributed by atoms with Gasteiger partial charge in [-0.25, -0.2) is 10.5 Å². The van der Waals surface area contributed by atoms with Gasteiger partial charge < -0.3 is 0 Å². The quantitative estimate of drug-likeness (QED) is 0.332. The molecule has 0 atom stereocenters. The summed E-state index contributed by atoms with van der Waals surface area (Å²) in [5.74, 6) is 4.50. The fourth-order valence-electron chi connectivity index (χ4n) is 1.23. The number of aromatic amines is 1. The highest BCUT2D eigenvalue weighted by Gasteiger charge is 2.08. The summed E-state index contributed by atoms with van der Waals surface area (Å²) in [7, 11) is 0. The molecule has 0 saturated carbocycles. The Balaban J connectivity index is 3.03. The number of carbonyl (C=O) groups excluding carboxylic acids is 1. The molecule has 7 heteroatoms. The number of hydrogen-bond donors (Lipinski definition) is 3. The normalized spacial score (nSPS) is 10.2. The summed E-state index contributed by atoms with van der Waals surface area (Å²) >= 11 is 0. The number of nitrogens with one attached hydrogen (secondary N) is 2. The standard InChI is InChI=1S/C9H14N4O3/c1-5-6(2)9(16)13(12-8(5)15)4-3-7(14)11-10/h3-4,10H2,1-2H3,(H,11,14)(H,12,15). The number of hydrogen-bond acceptors (Lipinski definition) is 4. The van der Waals surface area contributed by atoms with Gasteiger partial charge in [0.2, 0.25) is 5.91 Å². The Hall–Kier alpha value is -1.89. The van der Waals surface area contributed by atoms with Crippen molar-refractivity contribution in [2.75, 3.05) is 0 Å². The molecule has 0 fully saturated rings. The predicted octanol–water partition coefficient (Wildman–Crippen LogP) is -1.47. The first-order valence-corrected chi connectivity index (χ1v) is 4.77. The number of aryl methyl sites for hydroxylation is 1. The predicted molar refractivity (Wildman–Crippen MR) is 57.7 cm³/mol. The molecule has 0 spiro atoms. The summed E-state index contributed by atoms with van der Waals surface area (Å²) in [5, 5.41) is 2.39. The van der Waals surface area contributed by atoms with Crippen molar-refractivity contribution in [3.05, 3.63) is 31.8 Å². The van der Waals surface area contributed by atoms with Crippen molar-refractivity contribution in [1.82, 2.24) is 15.2 Å². The summed E-state index contributed by atoms with van der Waals surface area (Å²) in [6, 6.07) is 0. The van der Waals surface area contributed by atoms with Crippen molar-refractivity contribution >= 4 is 5.91 Å². The zero-order chi connectivity index (χ0) is 12.3. The maximum Gasteiger partial charge on any atom is 0.268 e. The molecule has 1 aromatic heterocycles. The van der Waals surface area contributed by atoms with Crippen LogP contribution in [0.3, 0.4) is 0 Å². The van der Waals surface area contributed by atoms with Crippen LogP contribution in [0, 0.1) is 13.8 Å². The van der Waals surface area contributed by atoms with Crippen LogP contribution in [0.1, 0.15) is 17.5 Å². The van der Waals surface area contributed by atoms with Crippen LogP contribution in [0.4, 0.5) is 0 Å². The summed E-state index contributed by atoms with van der Waals surface area (Å²) in [6.07, 6.45) is 0.0366. The first-order valence-electron chi connectivity index (χ1n) is 4.77. The second-order valence-corrected chi connectivity index (χ2v) is 3.47. The van der Waals surface area contributed by atoms with Crippen molar-refractivity contribution in [1.29, 1.82) is 0 Å². The van der Waals surface area contributed by atoms with E-state index in [0.717, 1.165) is 4.68 Å². The Morgan fingerprint density at radius 2 is 2.00 bits per heavy atom. The molecule has 0 aliphatic heterocycles. The summed E-state index contributed by atoms with van der Waals surface area (Å²) in [4.78, 5) is 33.9. The molecule has 0 aliphatic rings. The van der Waals surface area contributed by atoms with Crippen LogP contribution < -0.4 is 22.4 Å².